The van der Waals surface area contributed by atoms with Crippen molar-refractivity contribution in [3.05, 3.63) is 59.9 Å². The van der Waals surface area contributed by atoms with Gasteiger partial charge in [0.05, 0.1) is 6.04 Å². The van der Waals surface area contributed by atoms with Crippen molar-refractivity contribution < 1.29 is 4.79 Å². The minimum atomic E-state index is -0.188. The molecule has 2 amide bonds. The molecule has 1 aliphatic heterocycles. The Kier molecular flexibility index (Phi) is 2.26. The second-order valence-corrected chi connectivity index (χ2v) is 4.76. The van der Waals surface area contributed by atoms with Crippen molar-refractivity contribution in [2.75, 3.05) is 5.32 Å². The van der Waals surface area contributed by atoms with Gasteiger partial charge in [-0.2, -0.15) is 0 Å². The maximum absolute atomic E-state index is 11.8. The molecule has 1 aromatic carbocycles. The molecule has 2 aromatic heterocycles. The molecule has 5 nitrogen and oxygen atoms in total. The smallest absolute Gasteiger partial charge is 0.320 e. The number of nitrogens with one attached hydrogen (secondary N) is 3. The maximum atomic E-state index is 11.8. The Bertz CT molecular complexity index is 808. The molecule has 0 radical (unpaired) electrons. The monoisotopic (exact) mass is 264 g/mol. The van der Waals surface area contributed by atoms with Crippen LogP contribution in [0.5, 0.6) is 0 Å². The summed E-state index contributed by atoms with van der Waals surface area (Å²) in [5.74, 6) is 0. The van der Waals surface area contributed by atoms with Gasteiger partial charge in [-0.1, -0.05) is 18.2 Å². The molecule has 1 unspecified atom stereocenters. The Morgan fingerprint density at radius 2 is 1.95 bits per heavy atom. The van der Waals surface area contributed by atoms with Crippen LogP contribution in [0.3, 0.4) is 0 Å². The zero-order valence-electron chi connectivity index (χ0n) is 10.6. The standard InChI is InChI=1S/C15H12N4O/c20-15-18-12-6-2-1-4-10(12)13(19-15)11-8-17-14-9(11)5-3-7-16-14/h1-8,13H,(H,16,17)(H2,18,19,20). The molecule has 3 N–H and O–H groups in total. The summed E-state index contributed by atoms with van der Waals surface area (Å²) in [7, 11) is 0. The lowest BCUT2D eigenvalue weighted by Gasteiger charge is -2.27. The summed E-state index contributed by atoms with van der Waals surface area (Å²) in [6.45, 7) is 0. The first-order valence-electron chi connectivity index (χ1n) is 6.41. The van der Waals surface area contributed by atoms with E-state index in [9.17, 15) is 4.79 Å². The van der Waals surface area contributed by atoms with Crippen LogP contribution < -0.4 is 10.6 Å². The van der Waals surface area contributed by atoms with Crippen molar-refractivity contribution in [1.29, 1.82) is 0 Å². The van der Waals surface area contributed by atoms with E-state index in [2.05, 4.69) is 20.6 Å². The number of amides is 2. The van der Waals surface area contributed by atoms with Gasteiger partial charge in [-0.05, 0) is 18.2 Å². The second kappa shape index (κ2) is 4.09. The number of carbonyl (C=O) groups is 1. The number of aromatic nitrogens is 2. The van der Waals surface area contributed by atoms with Crippen LogP contribution in [0.1, 0.15) is 17.2 Å². The molecule has 3 aromatic rings. The van der Waals surface area contributed by atoms with Gasteiger partial charge < -0.3 is 15.6 Å². The van der Waals surface area contributed by atoms with Gasteiger partial charge in [0.1, 0.15) is 5.65 Å². The number of carbonyl (C=O) groups excluding carboxylic acids is 1. The first-order chi connectivity index (χ1) is 9.83. The lowest BCUT2D eigenvalue weighted by Crippen LogP contribution is -2.38. The topological polar surface area (TPSA) is 69.8 Å². The zero-order valence-corrected chi connectivity index (χ0v) is 10.6. The van der Waals surface area contributed by atoms with Crippen LogP contribution in [0.15, 0.2) is 48.8 Å². The van der Waals surface area contributed by atoms with E-state index in [1.807, 2.05) is 42.6 Å². The number of para-hydroxylation sites is 1. The van der Waals surface area contributed by atoms with Gasteiger partial charge in [0.25, 0.3) is 0 Å². The average Bonchev–Trinajstić information content (AvgIpc) is 2.90. The summed E-state index contributed by atoms with van der Waals surface area (Å²) in [5.41, 5.74) is 3.75. The first kappa shape index (κ1) is 11.0. The number of fused-ring (bicyclic) bond motifs is 2. The Hall–Kier alpha value is -2.82. The molecule has 1 atom stereocenters. The lowest BCUT2D eigenvalue weighted by atomic mass is 9.96. The molecular formula is C15H12N4O. The van der Waals surface area contributed by atoms with Gasteiger partial charge >= 0.3 is 6.03 Å². The van der Waals surface area contributed by atoms with Gasteiger partial charge in [-0.25, -0.2) is 9.78 Å². The van der Waals surface area contributed by atoms with Crippen molar-refractivity contribution in [3.63, 3.8) is 0 Å². The van der Waals surface area contributed by atoms with Crippen molar-refractivity contribution in [2.24, 2.45) is 0 Å². The maximum Gasteiger partial charge on any atom is 0.320 e. The SMILES string of the molecule is O=C1Nc2ccccc2C(c2c[nH]c3ncccc23)N1. The Morgan fingerprint density at radius 3 is 2.90 bits per heavy atom. The summed E-state index contributed by atoms with van der Waals surface area (Å²) in [5, 5.41) is 6.82. The molecule has 0 saturated heterocycles. The minimum absolute atomic E-state index is 0.169. The fraction of sp³-hybridized carbons (Fsp3) is 0.0667. The molecular weight excluding hydrogens is 252 g/mol. The number of anilines is 1. The Balaban J connectivity index is 1.92. The van der Waals surface area contributed by atoms with Crippen molar-refractivity contribution in [3.8, 4) is 0 Å². The predicted octanol–water partition coefficient (Wildman–Crippen LogP) is 2.79. The van der Waals surface area contributed by atoms with E-state index < -0.39 is 0 Å². The number of H-pyrrole nitrogens is 1. The molecule has 20 heavy (non-hydrogen) atoms. The van der Waals surface area contributed by atoms with E-state index in [-0.39, 0.29) is 12.1 Å². The number of hydrogen-bond acceptors (Lipinski definition) is 2. The van der Waals surface area contributed by atoms with Gasteiger partial charge in [0.15, 0.2) is 0 Å². The molecule has 0 saturated carbocycles. The van der Waals surface area contributed by atoms with Crippen LogP contribution in [0.4, 0.5) is 10.5 Å². The molecule has 0 spiro atoms. The number of aromatic amines is 1. The highest BCUT2D eigenvalue weighted by Gasteiger charge is 2.26. The third kappa shape index (κ3) is 1.56. The number of nitrogens with zero attached hydrogens (tertiary/aromatic N) is 1. The number of benzene rings is 1. The fourth-order valence-corrected chi connectivity index (χ4v) is 2.69. The Labute approximate surface area is 115 Å². The zero-order chi connectivity index (χ0) is 13.5. The largest absolute Gasteiger partial charge is 0.346 e. The van der Waals surface area contributed by atoms with E-state index >= 15 is 0 Å². The van der Waals surface area contributed by atoms with E-state index in [4.69, 9.17) is 0 Å². The van der Waals surface area contributed by atoms with Crippen LogP contribution in [0, 0.1) is 0 Å². The van der Waals surface area contributed by atoms with Crippen LogP contribution in [0.25, 0.3) is 11.0 Å². The molecule has 1 aliphatic rings. The Morgan fingerprint density at radius 1 is 1.05 bits per heavy atom. The minimum Gasteiger partial charge on any atom is -0.346 e. The van der Waals surface area contributed by atoms with E-state index in [1.54, 1.807) is 6.20 Å². The van der Waals surface area contributed by atoms with E-state index in [1.165, 1.54) is 0 Å². The van der Waals surface area contributed by atoms with Crippen LogP contribution >= 0.6 is 0 Å². The molecule has 3 heterocycles. The van der Waals surface area contributed by atoms with Crippen LogP contribution in [-0.2, 0) is 0 Å². The summed E-state index contributed by atoms with van der Waals surface area (Å²) in [4.78, 5) is 19.3. The molecule has 0 bridgehead atoms. The number of rotatable bonds is 1. The highest BCUT2D eigenvalue weighted by molar-refractivity contribution is 5.94. The summed E-state index contributed by atoms with van der Waals surface area (Å²) in [6.07, 6.45) is 3.66. The number of urea groups is 1. The van der Waals surface area contributed by atoms with Crippen molar-refractivity contribution in [2.45, 2.75) is 6.04 Å². The first-order valence-corrected chi connectivity index (χ1v) is 6.41. The quantitative estimate of drug-likeness (QED) is 0.632. The normalized spacial score (nSPS) is 17.4. The van der Waals surface area contributed by atoms with Gasteiger partial charge in [-0.15, -0.1) is 0 Å². The van der Waals surface area contributed by atoms with Crippen molar-refractivity contribution >= 4 is 22.8 Å². The highest BCUT2D eigenvalue weighted by Crippen LogP contribution is 2.34. The molecule has 4 rings (SSSR count). The molecule has 0 fully saturated rings. The van der Waals surface area contributed by atoms with Gasteiger partial charge in [-0.3, -0.25) is 0 Å². The van der Waals surface area contributed by atoms with Gasteiger partial charge in [0.2, 0.25) is 0 Å². The van der Waals surface area contributed by atoms with Crippen molar-refractivity contribution in [1.82, 2.24) is 15.3 Å². The molecule has 0 aliphatic carbocycles. The third-order valence-electron chi connectivity index (χ3n) is 3.59. The third-order valence-corrected chi connectivity index (χ3v) is 3.59. The average molecular weight is 264 g/mol. The highest BCUT2D eigenvalue weighted by atomic mass is 16.2. The fourth-order valence-electron chi connectivity index (χ4n) is 2.69. The summed E-state index contributed by atoms with van der Waals surface area (Å²) < 4.78 is 0. The predicted molar refractivity (Wildman–Crippen MR) is 76.5 cm³/mol. The molecule has 5 heteroatoms. The summed E-state index contributed by atoms with van der Waals surface area (Å²) in [6, 6.07) is 11.4. The molecule has 98 valence electrons. The number of pyridine rings is 1. The number of hydrogen-bond donors (Lipinski definition) is 3. The van der Waals surface area contributed by atoms with Crippen LogP contribution in [-0.4, -0.2) is 16.0 Å². The lowest BCUT2D eigenvalue weighted by molar-refractivity contribution is 0.249. The van der Waals surface area contributed by atoms with Gasteiger partial charge in [0, 0.05) is 34.6 Å². The second-order valence-electron chi connectivity index (χ2n) is 4.76. The summed E-state index contributed by atoms with van der Waals surface area (Å²) >= 11 is 0. The van der Waals surface area contributed by atoms with E-state index in [0.717, 1.165) is 27.8 Å². The van der Waals surface area contributed by atoms with Crippen LogP contribution in [0.2, 0.25) is 0 Å². The van der Waals surface area contributed by atoms with E-state index in [0.29, 0.717) is 0 Å².